The molecule has 1 unspecified atom stereocenters. The van der Waals surface area contributed by atoms with Crippen molar-refractivity contribution in [2.75, 3.05) is 0 Å². The van der Waals surface area contributed by atoms with Gasteiger partial charge in [-0.25, -0.2) is 14.8 Å². The van der Waals surface area contributed by atoms with Gasteiger partial charge in [0, 0.05) is 11.6 Å². The van der Waals surface area contributed by atoms with Gasteiger partial charge in [0.05, 0.1) is 4.90 Å². The van der Waals surface area contributed by atoms with Gasteiger partial charge in [0.25, 0.3) is 5.91 Å². The Kier molecular flexibility index (Phi) is 5.07. The molecule has 0 saturated heterocycles. The van der Waals surface area contributed by atoms with E-state index in [2.05, 4.69) is 10.1 Å². The lowest BCUT2D eigenvalue weighted by atomic mass is 9.96. The highest BCUT2D eigenvalue weighted by Crippen LogP contribution is 2.18. The maximum absolute atomic E-state index is 12.1. The first-order chi connectivity index (χ1) is 9.20. The number of nitrogens with two attached hydrogens (primary N) is 1. The molecule has 5 nitrogen and oxygen atoms in total. The van der Waals surface area contributed by atoms with Crippen molar-refractivity contribution in [2.45, 2.75) is 43.0 Å². The third-order valence-corrected chi connectivity index (χ3v) is 4.59. The Morgan fingerprint density at radius 3 is 2.37 bits per heavy atom. The van der Waals surface area contributed by atoms with Crippen molar-refractivity contribution >= 4 is 16.9 Å². The van der Waals surface area contributed by atoms with Crippen molar-refractivity contribution in [1.29, 1.82) is 0 Å². The summed E-state index contributed by atoms with van der Waals surface area (Å²) in [5.74, 6) is 4.70. The van der Waals surface area contributed by atoms with Crippen LogP contribution in [0.3, 0.4) is 0 Å². The summed E-state index contributed by atoms with van der Waals surface area (Å²) in [6.07, 6.45) is 5.83. The number of nitrogen functional groups attached to an aromatic ring is 1. The van der Waals surface area contributed by atoms with Gasteiger partial charge in [-0.15, -0.1) is 0 Å². The molecule has 6 heteroatoms. The second-order valence-electron chi connectivity index (χ2n) is 4.72. The molecule has 4 N–H and O–H groups in total. The Morgan fingerprint density at radius 1 is 1.16 bits per heavy atom. The lowest BCUT2D eigenvalue weighted by Crippen LogP contribution is -2.32. The number of hydrazine groups is 1. The Morgan fingerprint density at radius 2 is 1.79 bits per heavy atom. The fourth-order valence-electron chi connectivity index (χ4n) is 2.25. The molecule has 2 rings (SSSR count). The first-order valence-electron chi connectivity index (χ1n) is 6.49. The van der Waals surface area contributed by atoms with Crippen LogP contribution >= 0.6 is 0 Å². The summed E-state index contributed by atoms with van der Waals surface area (Å²) in [5.41, 5.74) is 2.52. The zero-order valence-electron chi connectivity index (χ0n) is 10.7. The zero-order chi connectivity index (χ0) is 13.7. The lowest BCUT2D eigenvalue weighted by molar-refractivity contribution is 0.0953. The number of hydrogen-bond acceptors (Lipinski definition) is 3. The van der Waals surface area contributed by atoms with Crippen LogP contribution < -0.4 is 16.0 Å². The Balaban J connectivity index is 1.97. The largest absolute Gasteiger partial charge is 0.290 e. The van der Waals surface area contributed by atoms with Gasteiger partial charge in [-0.2, -0.15) is 0 Å². The SMILES string of the molecule is NNC(=O)c1ccc(S(=O)NC2CCCCC2)cc1. The summed E-state index contributed by atoms with van der Waals surface area (Å²) >= 11 is 0. The first kappa shape index (κ1) is 14.2. The average molecular weight is 281 g/mol. The molecule has 1 amide bonds. The molecule has 1 fully saturated rings. The maximum Gasteiger partial charge on any atom is 0.265 e. The molecule has 0 aliphatic heterocycles. The molecule has 1 saturated carbocycles. The van der Waals surface area contributed by atoms with E-state index >= 15 is 0 Å². The summed E-state index contributed by atoms with van der Waals surface area (Å²) in [4.78, 5) is 12.0. The molecule has 0 radical (unpaired) electrons. The molecule has 1 aliphatic rings. The van der Waals surface area contributed by atoms with E-state index in [-0.39, 0.29) is 5.91 Å². The highest BCUT2D eigenvalue weighted by atomic mass is 32.2. The van der Waals surface area contributed by atoms with Gasteiger partial charge in [0.15, 0.2) is 0 Å². The van der Waals surface area contributed by atoms with Gasteiger partial charge in [0.2, 0.25) is 0 Å². The number of amides is 1. The minimum Gasteiger partial charge on any atom is -0.290 e. The van der Waals surface area contributed by atoms with Crippen LogP contribution in [-0.2, 0) is 11.0 Å². The summed E-state index contributed by atoms with van der Waals surface area (Å²) < 4.78 is 15.3. The van der Waals surface area contributed by atoms with E-state index in [0.29, 0.717) is 16.5 Å². The van der Waals surface area contributed by atoms with Crippen LogP contribution in [0.5, 0.6) is 0 Å². The van der Waals surface area contributed by atoms with Gasteiger partial charge >= 0.3 is 0 Å². The Hall–Kier alpha value is -1.24. The van der Waals surface area contributed by atoms with Crippen LogP contribution in [0, 0.1) is 0 Å². The molecule has 1 atom stereocenters. The third kappa shape index (κ3) is 3.86. The molecule has 19 heavy (non-hydrogen) atoms. The van der Waals surface area contributed by atoms with E-state index in [1.807, 2.05) is 0 Å². The molecule has 0 bridgehead atoms. The molecular weight excluding hydrogens is 262 g/mol. The van der Waals surface area contributed by atoms with Gasteiger partial charge in [-0.05, 0) is 37.1 Å². The Labute approximate surface area is 115 Å². The van der Waals surface area contributed by atoms with Gasteiger partial charge in [0.1, 0.15) is 11.0 Å². The van der Waals surface area contributed by atoms with Gasteiger partial charge < -0.3 is 0 Å². The van der Waals surface area contributed by atoms with Crippen LogP contribution in [0.1, 0.15) is 42.5 Å². The van der Waals surface area contributed by atoms with Crippen LogP contribution in [-0.4, -0.2) is 16.2 Å². The Bertz CT molecular complexity index is 455. The fraction of sp³-hybridized carbons (Fsp3) is 0.462. The third-order valence-electron chi connectivity index (χ3n) is 3.34. The average Bonchev–Trinajstić information content (AvgIpc) is 2.47. The molecule has 0 aromatic heterocycles. The second kappa shape index (κ2) is 6.79. The van der Waals surface area contributed by atoms with Crippen LogP contribution in [0.4, 0.5) is 0 Å². The monoisotopic (exact) mass is 281 g/mol. The van der Waals surface area contributed by atoms with Crippen molar-refractivity contribution in [2.24, 2.45) is 5.84 Å². The van der Waals surface area contributed by atoms with E-state index in [1.165, 1.54) is 19.3 Å². The number of carbonyl (C=O) groups is 1. The summed E-state index contributed by atoms with van der Waals surface area (Å²) in [5, 5.41) is 0. The van der Waals surface area contributed by atoms with E-state index < -0.39 is 11.0 Å². The maximum atomic E-state index is 12.1. The van der Waals surface area contributed by atoms with E-state index in [1.54, 1.807) is 24.3 Å². The van der Waals surface area contributed by atoms with Crippen molar-refractivity contribution in [1.82, 2.24) is 10.1 Å². The summed E-state index contributed by atoms with van der Waals surface area (Å²) in [7, 11) is -1.22. The topological polar surface area (TPSA) is 84.2 Å². The molecule has 1 aliphatic carbocycles. The zero-order valence-corrected chi connectivity index (χ0v) is 11.5. The second-order valence-corrected chi connectivity index (χ2v) is 5.96. The molecular formula is C13H19N3O2S. The summed E-state index contributed by atoms with van der Waals surface area (Å²) in [6.45, 7) is 0. The van der Waals surface area contributed by atoms with Crippen LogP contribution in [0.15, 0.2) is 29.2 Å². The number of hydrogen-bond donors (Lipinski definition) is 3. The van der Waals surface area contributed by atoms with Crippen molar-refractivity contribution in [3.05, 3.63) is 29.8 Å². The quantitative estimate of drug-likeness (QED) is 0.441. The lowest BCUT2D eigenvalue weighted by Gasteiger charge is -2.22. The van der Waals surface area contributed by atoms with E-state index in [4.69, 9.17) is 5.84 Å². The molecule has 0 heterocycles. The van der Waals surface area contributed by atoms with E-state index in [0.717, 1.165) is 12.8 Å². The number of benzene rings is 1. The smallest absolute Gasteiger partial charge is 0.265 e. The minimum absolute atomic E-state index is 0.335. The van der Waals surface area contributed by atoms with Gasteiger partial charge in [-0.3, -0.25) is 10.2 Å². The number of nitrogens with one attached hydrogen (secondary N) is 2. The molecule has 0 spiro atoms. The standard InChI is InChI=1S/C13H19N3O2S/c14-15-13(17)10-6-8-12(9-7-10)19(18)16-11-4-2-1-3-5-11/h6-9,11,16H,1-5,14H2,(H,15,17). The predicted octanol–water partition coefficient (Wildman–Crippen LogP) is 1.23. The summed E-state index contributed by atoms with van der Waals surface area (Å²) in [6, 6.07) is 6.96. The van der Waals surface area contributed by atoms with Crippen molar-refractivity contribution in [3.8, 4) is 0 Å². The van der Waals surface area contributed by atoms with Crippen LogP contribution in [0.25, 0.3) is 0 Å². The highest BCUT2D eigenvalue weighted by molar-refractivity contribution is 7.83. The fourth-order valence-corrected chi connectivity index (χ4v) is 3.31. The van der Waals surface area contributed by atoms with Crippen molar-refractivity contribution in [3.63, 3.8) is 0 Å². The minimum atomic E-state index is -1.22. The number of carbonyl (C=O) groups excluding carboxylic acids is 1. The van der Waals surface area contributed by atoms with Crippen molar-refractivity contribution < 1.29 is 9.00 Å². The molecule has 104 valence electrons. The van der Waals surface area contributed by atoms with Gasteiger partial charge in [-0.1, -0.05) is 19.3 Å². The normalized spacial score (nSPS) is 17.9. The van der Waals surface area contributed by atoms with E-state index in [9.17, 15) is 9.00 Å². The molecule has 1 aromatic carbocycles. The molecule has 1 aromatic rings. The predicted molar refractivity (Wildman–Crippen MR) is 74.5 cm³/mol. The highest BCUT2D eigenvalue weighted by Gasteiger charge is 2.16. The first-order valence-corrected chi connectivity index (χ1v) is 7.64. The number of rotatable bonds is 4. The van der Waals surface area contributed by atoms with Crippen LogP contribution in [0.2, 0.25) is 0 Å².